The zero-order chi connectivity index (χ0) is 24.6. The molecule has 1 aliphatic rings. The van der Waals surface area contributed by atoms with Gasteiger partial charge in [0.1, 0.15) is 17.3 Å². The molecule has 2 aromatic carbocycles. The number of halogens is 1. The fourth-order valence-electron chi connectivity index (χ4n) is 4.11. The standard InChI is InChI=1S/C26H28FN5O3/c1-35-24-5-3-2-4-23(24)30-14-16-31(17-15-30)25(33)10-13-32(19-20-6-8-21(27)9-7-20)26(34)22-18-28-11-12-29-22/h2-9,11-12,18H,10,13-17,19H2,1H3. The van der Waals surface area contributed by atoms with Crippen LogP contribution in [0, 0.1) is 5.82 Å². The normalized spacial score (nSPS) is 13.4. The molecule has 35 heavy (non-hydrogen) atoms. The monoisotopic (exact) mass is 477 g/mol. The van der Waals surface area contributed by atoms with E-state index in [4.69, 9.17) is 4.74 Å². The van der Waals surface area contributed by atoms with Gasteiger partial charge in [0.05, 0.1) is 19.0 Å². The van der Waals surface area contributed by atoms with Crippen molar-refractivity contribution < 1.29 is 18.7 Å². The van der Waals surface area contributed by atoms with E-state index >= 15 is 0 Å². The van der Waals surface area contributed by atoms with Crippen LogP contribution in [0.15, 0.2) is 67.1 Å². The van der Waals surface area contributed by atoms with Gasteiger partial charge in [0, 0.05) is 58.1 Å². The van der Waals surface area contributed by atoms with E-state index < -0.39 is 0 Å². The van der Waals surface area contributed by atoms with E-state index in [1.807, 2.05) is 29.2 Å². The Morgan fingerprint density at radius 2 is 1.77 bits per heavy atom. The predicted molar refractivity (Wildman–Crippen MR) is 130 cm³/mol. The van der Waals surface area contributed by atoms with Gasteiger partial charge in [-0.1, -0.05) is 24.3 Å². The number of methoxy groups -OCH3 is 1. The number of benzene rings is 2. The number of carbonyl (C=O) groups excluding carboxylic acids is 2. The van der Waals surface area contributed by atoms with Crippen LogP contribution in [0.4, 0.5) is 10.1 Å². The summed E-state index contributed by atoms with van der Waals surface area (Å²) in [4.78, 5) is 39.7. The Kier molecular flexibility index (Phi) is 7.87. The highest BCUT2D eigenvalue weighted by Gasteiger charge is 2.25. The lowest BCUT2D eigenvalue weighted by Crippen LogP contribution is -2.49. The summed E-state index contributed by atoms with van der Waals surface area (Å²) in [7, 11) is 1.65. The van der Waals surface area contributed by atoms with Crippen molar-refractivity contribution in [3.8, 4) is 5.75 Å². The van der Waals surface area contributed by atoms with E-state index in [0.717, 1.165) is 17.0 Å². The van der Waals surface area contributed by atoms with Crippen LogP contribution >= 0.6 is 0 Å². The second kappa shape index (κ2) is 11.4. The van der Waals surface area contributed by atoms with Gasteiger partial charge >= 0.3 is 0 Å². The summed E-state index contributed by atoms with van der Waals surface area (Å²) in [6.45, 7) is 3.04. The van der Waals surface area contributed by atoms with Crippen molar-refractivity contribution in [3.05, 3.63) is 84.2 Å². The maximum atomic E-state index is 13.3. The first kappa shape index (κ1) is 24.1. The number of para-hydroxylation sites is 2. The molecular weight excluding hydrogens is 449 g/mol. The molecule has 0 saturated carbocycles. The Morgan fingerprint density at radius 3 is 2.46 bits per heavy atom. The Labute approximate surface area is 204 Å². The van der Waals surface area contributed by atoms with Gasteiger partial charge in [0.2, 0.25) is 5.91 Å². The average molecular weight is 478 g/mol. The first-order valence-corrected chi connectivity index (χ1v) is 11.5. The van der Waals surface area contributed by atoms with Crippen LogP contribution in [0.5, 0.6) is 5.75 Å². The molecule has 0 spiro atoms. The first-order valence-electron chi connectivity index (χ1n) is 11.5. The fraction of sp³-hybridized carbons (Fsp3) is 0.308. The number of hydrogen-bond acceptors (Lipinski definition) is 6. The second-order valence-corrected chi connectivity index (χ2v) is 8.23. The van der Waals surface area contributed by atoms with Crippen LogP contribution in [0.1, 0.15) is 22.5 Å². The zero-order valence-corrected chi connectivity index (χ0v) is 19.6. The molecule has 0 aliphatic carbocycles. The molecule has 0 N–H and O–H groups in total. The van der Waals surface area contributed by atoms with E-state index in [2.05, 4.69) is 14.9 Å². The van der Waals surface area contributed by atoms with Gasteiger partial charge in [-0.25, -0.2) is 9.37 Å². The molecule has 1 fully saturated rings. The molecule has 9 heteroatoms. The van der Waals surface area contributed by atoms with Crippen molar-refractivity contribution in [2.75, 3.05) is 44.7 Å². The number of ether oxygens (including phenoxy) is 1. The molecule has 1 aromatic heterocycles. The number of nitrogens with zero attached hydrogens (tertiary/aromatic N) is 5. The number of carbonyl (C=O) groups is 2. The number of rotatable bonds is 8. The molecule has 3 aromatic rings. The third kappa shape index (κ3) is 6.11. The molecule has 0 atom stereocenters. The molecule has 0 bridgehead atoms. The molecule has 8 nitrogen and oxygen atoms in total. The SMILES string of the molecule is COc1ccccc1N1CCN(C(=O)CCN(Cc2ccc(F)cc2)C(=O)c2cnccn2)CC1. The minimum absolute atomic E-state index is 0.0132. The first-order chi connectivity index (χ1) is 17.0. The van der Waals surface area contributed by atoms with Gasteiger partial charge in [0.15, 0.2) is 0 Å². The molecule has 4 rings (SSSR count). The number of piperazine rings is 1. The number of amides is 2. The number of hydrogen-bond donors (Lipinski definition) is 0. The molecular formula is C26H28FN5O3. The Morgan fingerprint density at radius 1 is 1.03 bits per heavy atom. The van der Waals surface area contributed by atoms with Gasteiger partial charge in [0.25, 0.3) is 5.91 Å². The minimum Gasteiger partial charge on any atom is -0.495 e. The van der Waals surface area contributed by atoms with Crippen LogP contribution < -0.4 is 9.64 Å². The third-order valence-corrected chi connectivity index (χ3v) is 6.01. The summed E-state index contributed by atoms with van der Waals surface area (Å²) in [5.74, 6) is 0.131. The average Bonchev–Trinajstić information content (AvgIpc) is 2.92. The molecule has 2 heterocycles. The summed E-state index contributed by atoms with van der Waals surface area (Å²) < 4.78 is 18.8. The van der Waals surface area contributed by atoms with E-state index in [-0.39, 0.29) is 42.8 Å². The highest BCUT2D eigenvalue weighted by molar-refractivity contribution is 5.92. The summed E-state index contributed by atoms with van der Waals surface area (Å²) in [5, 5.41) is 0. The lowest BCUT2D eigenvalue weighted by molar-refractivity contribution is -0.131. The van der Waals surface area contributed by atoms with Crippen molar-refractivity contribution in [1.29, 1.82) is 0 Å². The van der Waals surface area contributed by atoms with Crippen molar-refractivity contribution >= 4 is 17.5 Å². The minimum atomic E-state index is -0.344. The fourth-order valence-corrected chi connectivity index (χ4v) is 4.11. The predicted octanol–water partition coefficient (Wildman–Crippen LogP) is 3.01. The topological polar surface area (TPSA) is 78.9 Å². The highest BCUT2D eigenvalue weighted by atomic mass is 19.1. The molecule has 182 valence electrons. The number of aromatic nitrogens is 2. The van der Waals surface area contributed by atoms with Gasteiger partial charge < -0.3 is 19.4 Å². The molecule has 1 saturated heterocycles. The Bertz CT molecular complexity index is 1140. The van der Waals surface area contributed by atoms with Crippen molar-refractivity contribution in [1.82, 2.24) is 19.8 Å². The molecule has 1 aliphatic heterocycles. The quantitative estimate of drug-likeness (QED) is 0.496. The lowest BCUT2D eigenvalue weighted by Gasteiger charge is -2.37. The Hall–Kier alpha value is -4.01. The summed E-state index contributed by atoms with van der Waals surface area (Å²) in [6.07, 6.45) is 4.53. The lowest BCUT2D eigenvalue weighted by atomic mass is 10.2. The zero-order valence-electron chi connectivity index (χ0n) is 19.6. The highest BCUT2D eigenvalue weighted by Crippen LogP contribution is 2.28. The van der Waals surface area contributed by atoms with Gasteiger partial charge in [-0.3, -0.25) is 14.6 Å². The third-order valence-electron chi connectivity index (χ3n) is 6.01. The smallest absolute Gasteiger partial charge is 0.274 e. The van der Waals surface area contributed by atoms with E-state index in [1.54, 1.807) is 24.1 Å². The maximum Gasteiger partial charge on any atom is 0.274 e. The van der Waals surface area contributed by atoms with Crippen LogP contribution in [-0.2, 0) is 11.3 Å². The summed E-state index contributed by atoms with van der Waals surface area (Å²) in [5.41, 5.74) is 1.98. The van der Waals surface area contributed by atoms with Gasteiger partial charge in [-0.15, -0.1) is 0 Å². The summed E-state index contributed by atoms with van der Waals surface area (Å²) >= 11 is 0. The van der Waals surface area contributed by atoms with Crippen LogP contribution in [0.25, 0.3) is 0 Å². The molecule has 0 radical (unpaired) electrons. The largest absolute Gasteiger partial charge is 0.495 e. The maximum absolute atomic E-state index is 13.3. The van der Waals surface area contributed by atoms with Crippen molar-refractivity contribution in [2.45, 2.75) is 13.0 Å². The van der Waals surface area contributed by atoms with Crippen molar-refractivity contribution in [3.63, 3.8) is 0 Å². The second-order valence-electron chi connectivity index (χ2n) is 8.23. The van der Waals surface area contributed by atoms with E-state index in [0.29, 0.717) is 26.2 Å². The van der Waals surface area contributed by atoms with Gasteiger partial charge in [-0.2, -0.15) is 0 Å². The van der Waals surface area contributed by atoms with Crippen LogP contribution in [0.2, 0.25) is 0 Å². The van der Waals surface area contributed by atoms with Crippen molar-refractivity contribution in [2.24, 2.45) is 0 Å². The van der Waals surface area contributed by atoms with Crippen LogP contribution in [-0.4, -0.2) is 71.4 Å². The van der Waals surface area contributed by atoms with E-state index in [1.165, 1.54) is 30.7 Å². The Balaban J connectivity index is 1.37. The van der Waals surface area contributed by atoms with Gasteiger partial charge in [-0.05, 0) is 29.8 Å². The van der Waals surface area contributed by atoms with E-state index in [9.17, 15) is 14.0 Å². The molecule has 0 unspecified atom stereocenters. The number of anilines is 1. The summed E-state index contributed by atoms with van der Waals surface area (Å²) in [6, 6.07) is 13.8. The van der Waals surface area contributed by atoms with Crippen LogP contribution in [0.3, 0.4) is 0 Å². The molecule has 2 amide bonds.